The fourth-order valence-electron chi connectivity index (χ4n) is 2.84. The summed E-state index contributed by atoms with van der Waals surface area (Å²) < 4.78 is 1.99. The molecule has 1 heterocycles. The van der Waals surface area contributed by atoms with Gasteiger partial charge in [-0.05, 0) is 37.3 Å². The predicted molar refractivity (Wildman–Crippen MR) is 104 cm³/mol. The standard InChI is InChI=1S/C22H17ClN2/c1-16-7-13-20(14-8-16)25-22(18-9-11-19(23)12-10-18)15-21(24-25)17-5-3-2-4-6-17/h2-15H,1H3. The number of aryl methyl sites for hydroxylation is 1. The molecule has 0 atom stereocenters. The van der Waals surface area contributed by atoms with Gasteiger partial charge in [0.2, 0.25) is 0 Å². The molecule has 0 radical (unpaired) electrons. The van der Waals surface area contributed by atoms with Crippen molar-refractivity contribution in [2.24, 2.45) is 0 Å². The first-order valence-electron chi connectivity index (χ1n) is 8.19. The second-order valence-corrected chi connectivity index (χ2v) is 6.47. The van der Waals surface area contributed by atoms with E-state index in [1.807, 2.05) is 47.1 Å². The van der Waals surface area contributed by atoms with Crippen molar-refractivity contribution < 1.29 is 0 Å². The number of hydrogen-bond donors (Lipinski definition) is 0. The topological polar surface area (TPSA) is 17.8 Å². The van der Waals surface area contributed by atoms with Crippen LogP contribution in [0.25, 0.3) is 28.2 Å². The van der Waals surface area contributed by atoms with Gasteiger partial charge in [-0.2, -0.15) is 5.10 Å². The van der Waals surface area contributed by atoms with Crippen LogP contribution in [0.5, 0.6) is 0 Å². The van der Waals surface area contributed by atoms with E-state index in [-0.39, 0.29) is 0 Å². The lowest BCUT2D eigenvalue weighted by Crippen LogP contribution is -1.99. The Morgan fingerprint density at radius 3 is 2.12 bits per heavy atom. The molecule has 0 aliphatic heterocycles. The maximum Gasteiger partial charge on any atom is 0.0934 e. The molecule has 0 N–H and O–H groups in total. The smallest absolute Gasteiger partial charge is 0.0934 e. The van der Waals surface area contributed by atoms with Crippen molar-refractivity contribution >= 4 is 11.6 Å². The van der Waals surface area contributed by atoms with Crippen LogP contribution in [0.2, 0.25) is 5.02 Å². The molecule has 0 saturated carbocycles. The van der Waals surface area contributed by atoms with Crippen molar-refractivity contribution in [2.45, 2.75) is 6.92 Å². The summed E-state index contributed by atoms with van der Waals surface area (Å²) in [6.07, 6.45) is 0. The van der Waals surface area contributed by atoms with Gasteiger partial charge in [0.25, 0.3) is 0 Å². The van der Waals surface area contributed by atoms with Gasteiger partial charge in [-0.15, -0.1) is 0 Å². The Bertz CT molecular complexity index is 922. The molecular formula is C22H17ClN2. The van der Waals surface area contributed by atoms with Gasteiger partial charge < -0.3 is 0 Å². The third kappa shape index (κ3) is 3.21. The molecule has 0 fully saturated rings. The molecule has 0 saturated heterocycles. The predicted octanol–water partition coefficient (Wildman–Crippen LogP) is 6.17. The molecule has 0 spiro atoms. The third-order valence-electron chi connectivity index (χ3n) is 4.20. The summed E-state index contributed by atoms with van der Waals surface area (Å²) in [7, 11) is 0. The first-order chi connectivity index (χ1) is 12.2. The van der Waals surface area contributed by atoms with Crippen molar-refractivity contribution in [3.63, 3.8) is 0 Å². The quantitative estimate of drug-likeness (QED) is 0.434. The average Bonchev–Trinajstić information content (AvgIpc) is 3.09. The third-order valence-corrected chi connectivity index (χ3v) is 4.45. The van der Waals surface area contributed by atoms with Gasteiger partial charge in [-0.1, -0.05) is 71.8 Å². The maximum atomic E-state index is 6.05. The zero-order valence-corrected chi connectivity index (χ0v) is 14.6. The summed E-state index contributed by atoms with van der Waals surface area (Å²) in [5.41, 5.74) is 6.44. The fourth-order valence-corrected chi connectivity index (χ4v) is 2.97. The first kappa shape index (κ1) is 15.7. The van der Waals surface area contributed by atoms with E-state index >= 15 is 0 Å². The van der Waals surface area contributed by atoms with Gasteiger partial charge >= 0.3 is 0 Å². The Balaban J connectivity index is 1.89. The van der Waals surface area contributed by atoms with Gasteiger partial charge in [-0.3, -0.25) is 0 Å². The normalized spacial score (nSPS) is 10.8. The van der Waals surface area contributed by atoms with E-state index in [4.69, 9.17) is 16.7 Å². The molecular weight excluding hydrogens is 328 g/mol. The highest BCUT2D eigenvalue weighted by Gasteiger charge is 2.13. The molecule has 122 valence electrons. The SMILES string of the molecule is Cc1ccc(-n2nc(-c3ccccc3)cc2-c2ccc(Cl)cc2)cc1. The number of hydrogen-bond acceptors (Lipinski definition) is 1. The second kappa shape index (κ2) is 6.58. The molecule has 4 rings (SSSR count). The number of halogens is 1. The van der Waals surface area contributed by atoms with E-state index in [9.17, 15) is 0 Å². The minimum atomic E-state index is 0.730. The summed E-state index contributed by atoms with van der Waals surface area (Å²) in [5.74, 6) is 0. The Kier molecular flexibility index (Phi) is 4.12. The Morgan fingerprint density at radius 1 is 0.760 bits per heavy atom. The summed E-state index contributed by atoms with van der Waals surface area (Å²) >= 11 is 6.05. The van der Waals surface area contributed by atoms with Crippen molar-refractivity contribution in [3.05, 3.63) is 95.5 Å². The Labute approximate surface area is 152 Å². The molecule has 0 bridgehead atoms. The highest BCUT2D eigenvalue weighted by atomic mass is 35.5. The average molecular weight is 345 g/mol. The Hall–Kier alpha value is -2.84. The molecule has 3 aromatic carbocycles. The molecule has 1 aromatic heterocycles. The van der Waals surface area contributed by atoms with Crippen LogP contribution >= 0.6 is 11.6 Å². The molecule has 3 heteroatoms. The van der Waals surface area contributed by atoms with Crippen LogP contribution in [0.3, 0.4) is 0 Å². The monoisotopic (exact) mass is 344 g/mol. The van der Waals surface area contributed by atoms with E-state index < -0.39 is 0 Å². The molecule has 0 amide bonds. The molecule has 0 aliphatic rings. The van der Waals surface area contributed by atoms with Crippen LogP contribution in [0.1, 0.15) is 5.56 Å². The van der Waals surface area contributed by atoms with Crippen LogP contribution in [0.4, 0.5) is 0 Å². The summed E-state index contributed by atoms with van der Waals surface area (Å²) in [6.45, 7) is 2.09. The fraction of sp³-hybridized carbons (Fsp3) is 0.0455. The van der Waals surface area contributed by atoms with E-state index in [1.54, 1.807) is 0 Å². The minimum absolute atomic E-state index is 0.730. The van der Waals surface area contributed by atoms with Gasteiger partial charge in [0.15, 0.2) is 0 Å². The van der Waals surface area contributed by atoms with E-state index in [0.717, 1.165) is 33.2 Å². The summed E-state index contributed by atoms with van der Waals surface area (Å²) in [6, 6.07) is 28.6. The largest absolute Gasteiger partial charge is 0.232 e. The first-order valence-corrected chi connectivity index (χ1v) is 8.57. The van der Waals surface area contributed by atoms with Crippen molar-refractivity contribution in [3.8, 4) is 28.2 Å². The Morgan fingerprint density at radius 2 is 1.44 bits per heavy atom. The van der Waals surface area contributed by atoms with Crippen LogP contribution in [0, 0.1) is 6.92 Å². The molecule has 25 heavy (non-hydrogen) atoms. The van der Waals surface area contributed by atoms with Crippen LogP contribution in [0.15, 0.2) is 84.9 Å². The van der Waals surface area contributed by atoms with Gasteiger partial charge in [-0.25, -0.2) is 4.68 Å². The van der Waals surface area contributed by atoms with Crippen LogP contribution in [-0.2, 0) is 0 Å². The van der Waals surface area contributed by atoms with E-state index in [2.05, 4.69) is 49.4 Å². The van der Waals surface area contributed by atoms with Crippen molar-refractivity contribution in [1.29, 1.82) is 0 Å². The number of aromatic nitrogens is 2. The molecule has 0 aliphatic carbocycles. The van der Waals surface area contributed by atoms with Crippen LogP contribution in [-0.4, -0.2) is 9.78 Å². The van der Waals surface area contributed by atoms with E-state index in [0.29, 0.717) is 0 Å². The summed E-state index contributed by atoms with van der Waals surface area (Å²) in [4.78, 5) is 0. The lowest BCUT2D eigenvalue weighted by atomic mass is 10.1. The highest BCUT2D eigenvalue weighted by molar-refractivity contribution is 6.30. The highest BCUT2D eigenvalue weighted by Crippen LogP contribution is 2.29. The molecule has 2 nitrogen and oxygen atoms in total. The lowest BCUT2D eigenvalue weighted by molar-refractivity contribution is 0.891. The number of rotatable bonds is 3. The number of benzene rings is 3. The lowest BCUT2D eigenvalue weighted by Gasteiger charge is -2.08. The zero-order chi connectivity index (χ0) is 17.2. The van der Waals surface area contributed by atoms with Crippen molar-refractivity contribution in [2.75, 3.05) is 0 Å². The molecule has 0 unspecified atom stereocenters. The minimum Gasteiger partial charge on any atom is -0.232 e. The summed E-state index contributed by atoms with van der Waals surface area (Å²) in [5, 5.41) is 5.59. The second-order valence-electron chi connectivity index (χ2n) is 6.04. The van der Waals surface area contributed by atoms with Gasteiger partial charge in [0, 0.05) is 16.1 Å². The zero-order valence-electron chi connectivity index (χ0n) is 13.9. The van der Waals surface area contributed by atoms with Gasteiger partial charge in [0.1, 0.15) is 0 Å². The van der Waals surface area contributed by atoms with Crippen LogP contribution < -0.4 is 0 Å². The maximum absolute atomic E-state index is 6.05. The van der Waals surface area contributed by atoms with E-state index in [1.165, 1.54) is 5.56 Å². The van der Waals surface area contributed by atoms with Gasteiger partial charge in [0.05, 0.1) is 17.1 Å². The molecule has 4 aromatic rings. The van der Waals surface area contributed by atoms with Crippen molar-refractivity contribution in [1.82, 2.24) is 9.78 Å². The number of nitrogens with zero attached hydrogens (tertiary/aromatic N) is 2.